The third-order valence-corrected chi connectivity index (χ3v) is 4.84. The molecular weight excluding hydrogens is 343 g/mol. The van der Waals surface area contributed by atoms with Crippen LogP contribution in [-0.2, 0) is 6.42 Å². The van der Waals surface area contributed by atoms with E-state index in [0.717, 1.165) is 23.5 Å². The van der Waals surface area contributed by atoms with E-state index in [1.165, 1.54) is 25.7 Å². The molecule has 1 aromatic heterocycles. The molecule has 0 unspecified atom stereocenters. The summed E-state index contributed by atoms with van der Waals surface area (Å²) in [4.78, 5) is 9.04. The maximum absolute atomic E-state index is 6.20. The average molecular weight is 365 g/mol. The lowest BCUT2D eigenvalue weighted by molar-refractivity contribution is 0.749. The van der Waals surface area contributed by atoms with Crippen LogP contribution in [0, 0.1) is 6.92 Å². The van der Waals surface area contributed by atoms with Crippen molar-refractivity contribution < 1.29 is 0 Å². The van der Waals surface area contributed by atoms with Crippen LogP contribution in [-0.4, -0.2) is 22.6 Å². The van der Waals surface area contributed by atoms with Gasteiger partial charge in [0, 0.05) is 34.4 Å². The summed E-state index contributed by atoms with van der Waals surface area (Å²) in [5, 5.41) is 8.15. The lowest BCUT2D eigenvalue weighted by Crippen LogP contribution is -2.17. The number of hydrogen-bond donors (Lipinski definition) is 2. The Morgan fingerprint density at radius 3 is 2.67 bits per heavy atom. The normalized spacial score (nSPS) is 14.8. The van der Waals surface area contributed by atoms with Gasteiger partial charge in [-0.3, -0.25) is 0 Å². The number of benzene rings is 1. The van der Waals surface area contributed by atoms with Crippen molar-refractivity contribution >= 4 is 35.0 Å². The molecule has 1 saturated carbocycles. The Kier molecular flexibility index (Phi) is 5.80. The van der Waals surface area contributed by atoms with E-state index in [2.05, 4.69) is 20.6 Å². The summed E-state index contributed by atoms with van der Waals surface area (Å²) in [5.41, 5.74) is 2.02. The topological polar surface area (TPSA) is 49.8 Å². The van der Waals surface area contributed by atoms with Crippen molar-refractivity contribution in [2.24, 2.45) is 0 Å². The van der Waals surface area contributed by atoms with Crippen molar-refractivity contribution in [3.05, 3.63) is 45.6 Å². The molecule has 24 heavy (non-hydrogen) atoms. The molecule has 0 spiro atoms. The monoisotopic (exact) mass is 364 g/mol. The summed E-state index contributed by atoms with van der Waals surface area (Å²) in [6, 6.07) is 8.12. The van der Waals surface area contributed by atoms with Crippen LogP contribution in [0.5, 0.6) is 0 Å². The second kappa shape index (κ2) is 8.04. The van der Waals surface area contributed by atoms with Crippen molar-refractivity contribution in [2.75, 3.05) is 17.2 Å². The zero-order chi connectivity index (χ0) is 16.9. The molecule has 1 fully saturated rings. The van der Waals surface area contributed by atoms with Crippen LogP contribution in [0.15, 0.2) is 24.3 Å². The minimum Gasteiger partial charge on any atom is -0.367 e. The second-order valence-electron chi connectivity index (χ2n) is 6.26. The number of aromatic nitrogens is 2. The Morgan fingerprint density at radius 1 is 1.12 bits per heavy atom. The molecule has 0 radical (unpaired) electrons. The van der Waals surface area contributed by atoms with Gasteiger partial charge in [0.25, 0.3) is 0 Å². The molecule has 2 aromatic rings. The van der Waals surface area contributed by atoms with Crippen molar-refractivity contribution in [1.82, 2.24) is 9.97 Å². The van der Waals surface area contributed by atoms with Gasteiger partial charge in [0.15, 0.2) is 0 Å². The molecule has 0 bridgehead atoms. The summed E-state index contributed by atoms with van der Waals surface area (Å²) < 4.78 is 0. The van der Waals surface area contributed by atoms with E-state index in [0.29, 0.717) is 28.6 Å². The van der Waals surface area contributed by atoms with Crippen LogP contribution in [0.25, 0.3) is 0 Å². The van der Waals surface area contributed by atoms with Gasteiger partial charge in [-0.1, -0.05) is 42.1 Å². The van der Waals surface area contributed by atoms with Gasteiger partial charge < -0.3 is 10.6 Å². The molecular formula is C18H22Cl2N4. The minimum atomic E-state index is 0.542. The smallest absolute Gasteiger partial charge is 0.224 e. The summed E-state index contributed by atoms with van der Waals surface area (Å²) in [7, 11) is 0. The number of nitrogens with one attached hydrogen (secondary N) is 2. The maximum atomic E-state index is 6.20. The highest BCUT2D eigenvalue weighted by Gasteiger charge is 2.15. The number of halogens is 2. The first-order valence-corrected chi connectivity index (χ1v) is 9.16. The first kappa shape index (κ1) is 17.3. The molecule has 4 nitrogen and oxygen atoms in total. The summed E-state index contributed by atoms with van der Waals surface area (Å²) in [5.74, 6) is 1.56. The van der Waals surface area contributed by atoms with E-state index in [9.17, 15) is 0 Å². The van der Waals surface area contributed by atoms with Crippen LogP contribution in [0.2, 0.25) is 10.0 Å². The first-order valence-electron chi connectivity index (χ1n) is 8.40. The number of nitrogens with zero attached hydrogens (tertiary/aromatic N) is 2. The molecule has 0 amide bonds. The summed E-state index contributed by atoms with van der Waals surface area (Å²) in [6.07, 6.45) is 5.84. The number of rotatable bonds is 6. The van der Waals surface area contributed by atoms with Crippen molar-refractivity contribution in [1.29, 1.82) is 0 Å². The summed E-state index contributed by atoms with van der Waals surface area (Å²) >= 11 is 12.1. The van der Waals surface area contributed by atoms with E-state index >= 15 is 0 Å². The Balaban J connectivity index is 1.59. The predicted molar refractivity (Wildman–Crippen MR) is 101 cm³/mol. The van der Waals surface area contributed by atoms with Crippen molar-refractivity contribution in [3.63, 3.8) is 0 Å². The molecule has 0 saturated heterocycles. The fraction of sp³-hybridized carbons (Fsp3) is 0.444. The third kappa shape index (κ3) is 4.74. The molecule has 1 heterocycles. The van der Waals surface area contributed by atoms with Crippen LogP contribution < -0.4 is 10.6 Å². The van der Waals surface area contributed by atoms with E-state index in [-0.39, 0.29) is 0 Å². The molecule has 128 valence electrons. The molecule has 0 atom stereocenters. The number of aryl methyl sites for hydroxylation is 1. The highest BCUT2D eigenvalue weighted by Crippen LogP contribution is 2.23. The predicted octanol–water partition coefficient (Wildman–Crippen LogP) is 5.10. The van der Waals surface area contributed by atoms with Gasteiger partial charge in [0.1, 0.15) is 5.82 Å². The van der Waals surface area contributed by atoms with Crippen molar-refractivity contribution in [3.8, 4) is 0 Å². The van der Waals surface area contributed by atoms with Crippen LogP contribution in [0.3, 0.4) is 0 Å². The van der Waals surface area contributed by atoms with E-state index in [1.54, 1.807) is 6.07 Å². The number of anilines is 2. The Hall–Kier alpha value is -1.52. The largest absolute Gasteiger partial charge is 0.367 e. The van der Waals surface area contributed by atoms with Crippen molar-refractivity contribution in [2.45, 2.75) is 45.1 Å². The van der Waals surface area contributed by atoms with E-state index in [1.807, 2.05) is 25.1 Å². The van der Waals surface area contributed by atoms with Crippen LogP contribution in [0.4, 0.5) is 11.8 Å². The molecule has 2 N–H and O–H groups in total. The highest BCUT2D eigenvalue weighted by molar-refractivity contribution is 6.35. The maximum Gasteiger partial charge on any atom is 0.224 e. The molecule has 1 aliphatic carbocycles. The minimum absolute atomic E-state index is 0.542. The highest BCUT2D eigenvalue weighted by atomic mass is 35.5. The molecule has 1 aliphatic rings. The standard InChI is InChI=1S/C18H22Cl2N4/c1-12-10-17(23-15-4-2-3-5-15)24-18(22-12)21-9-8-13-6-7-14(19)11-16(13)20/h6-7,10-11,15H,2-5,8-9H2,1H3,(H2,21,22,23,24). The van der Waals surface area contributed by atoms with Gasteiger partial charge in [0.05, 0.1) is 0 Å². The zero-order valence-electron chi connectivity index (χ0n) is 13.8. The zero-order valence-corrected chi connectivity index (χ0v) is 15.3. The third-order valence-electron chi connectivity index (χ3n) is 4.25. The van der Waals surface area contributed by atoms with Crippen LogP contribution >= 0.6 is 23.2 Å². The molecule has 6 heteroatoms. The van der Waals surface area contributed by atoms with Gasteiger partial charge >= 0.3 is 0 Å². The van der Waals surface area contributed by atoms with E-state index < -0.39 is 0 Å². The Bertz CT molecular complexity index is 699. The summed E-state index contributed by atoms with van der Waals surface area (Å²) in [6.45, 7) is 2.70. The Morgan fingerprint density at radius 2 is 1.92 bits per heavy atom. The quantitative estimate of drug-likeness (QED) is 0.748. The van der Waals surface area contributed by atoms with E-state index in [4.69, 9.17) is 23.2 Å². The number of hydrogen-bond acceptors (Lipinski definition) is 4. The van der Waals surface area contributed by atoms with Gasteiger partial charge in [-0.05, 0) is 43.9 Å². The fourth-order valence-electron chi connectivity index (χ4n) is 3.03. The van der Waals surface area contributed by atoms with Gasteiger partial charge in [-0.15, -0.1) is 0 Å². The lowest BCUT2D eigenvalue weighted by atomic mass is 10.1. The fourth-order valence-corrected chi connectivity index (χ4v) is 3.54. The average Bonchev–Trinajstić information content (AvgIpc) is 3.02. The van der Waals surface area contributed by atoms with Crippen LogP contribution in [0.1, 0.15) is 36.9 Å². The van der Waals surface area contributed by atoms with Gasteiger partial charge in [-0.2, -0.15) is 4.98 Å². The lowest BCUT2D eigenvalue weighted by Gasteiger charge is -2.14. The Labute approximate surface area is 153 Å². The molecule has 0 aliphatic heterocycles. The first-order chi connectivity index (χ1) is 11.6. The SMILES string of the molecule is Cc1cc(NC2CCCC2)nc(NCCc2ccc(Cl)cc2Cl)n1. The molecule has 3 rings (SSSR count). The molecule has 1 aromatic carbocycles. The second-order valence-corrected chi connectivity index (χ2v) is 7.10. The van der Waals surface area contributed by atoms with Gasteiger partial charge in [0.2, 0.25) is 5.95 Å². The van der Waals surface area contributed by atoms with Gasteiger partial charge in [-0.25, -0.2) is 4.98 Å².